The maximum Gasteiger partial charge on any atom is 0.408 e. The Balaban J connectivity index is 1.64. The van der Waals surface area contributed by atoms with Gasteiger partial charge in [0.15, 0.2) is 0 Å². The van der Waals surface area contributed by atoms with Crippen LogP contribution in [0.25, 0.3) is 10.4 Å². The highest BCUT2D eigenvalue weighted by Crippen LogP contribution is 2.27. The molecule has 10 heteroatoms. The number of amides is 3. The maximum atomic E-state index is 13.4. The number of aryl methyl sites for hydroxylation is 1. The van der Waals surface area contributed by atoms with Gasteiger partial charge in [-0.2, -0.15) is 0 Å². The highest BCUT2D eigenvalue weighted by atomic mass is 32.1. The van der Waals surface area contributed by atoms with E-state index in [9.17, 15) is 19.5 Å². The molecule has 36 heavy (non-hydrogen) atoms. The van der Waals surface area contributed by atoms with E-state index in [-0.39, 0.29) is 24.8 Å². The van der Waals surface area contributed by atoms with Gasteiger partial charge in [0.25, 0.3) is 0 Å². The van der Waals surface area contributed by atoms with Crippen LogP contribution >= 0.6 is 11.3 Å². The van der Waals surface area contributed by atoms with Gasteiger partial charge in [0.1, 0.15) is 17.7 Å². The molecule has 0 spiro atoms. The fourth-order valence-corrected chi connectivity index (χ4v) is 4.90. The molecule has 0 saturated carbocycles. The second-order valence-corrected chi connectivity index (χ2v) is 11.3. The van der Waals surface area contributed by atoms with Gasteiger partial charge in [-0.15, -0.1) is 11.3 Å². The van der Waals surface area contributed by atoms with Crippen LogP contribution in [0.2, 0.25) is 0 Å². The van der Waals surface area contributed by atoms with Gasteiger partial charge >= 0.3 is 6.09 Å². The number of aliphatic hydroxyl groups excluding tert-OH is 1. The molecule has 1 saturated heterocycles. The minimum absolute atomic E-state index is 0.0268. The van der Waals surface area contributed by atoms with Crippen LogP contribution < -0.4 is 10.6 Å². The molecule has 0 radical (unpaired) electrons. The SMILES string of the molecule is Cc1ncsc1-c1ccc(CNC(=O)[C@H]2C[C@@H](O)CN2C(=O)[C@@H](NC(=O)OC(C)(C)C)C(C)C)cc1. The lowest BCUT2D eigenvalue weighted by atomic mass is 10.0. The molecule has 1 fully saturated rings. The molecular formula is C26H36N4O5S. The van der Waals surface area contributed by atoms with E-state index in [2.05, 4.69) is 15.6 Å². The first-order chi connectivity index (χ1) is 16.9. The Bertz CT molecular complexity index is 1080. The van der Waals surface area contributed by atoms with Crippen molar-refractivity contribution in [1.82, 2.24) is 20.5 Å². The van der Waals surface area contributed by atoms with Crippen LogP contribution in [0.1, 0.15) is 52.3 Å². The quantitative estimate of drug-likeness (QED) is 0.520. The summed E-state index contributed by atoms with van der Waals surface area (Å²) in [6.45, 7) is 11.1. The van der Waals surface area contributed by atoms with Gasteiger partial charge in [-0.1, -0.05) is 38.1 Å². The minimum Gasteiger partial charge on any atom is -0.444 e. The van der Waals surface area contributed by atoms with Crippen molar-refractivity contribution in [2.75, 3.05) is 6.54 Å². The van der Waals surface area contributed by atoms with Crippen LogP contribution in [-0.2, 0) is 20.9 Å². The van der Waals surface area contributed by atoms with Crippen molar-refractivity contribution < 1.29 is 24.2 Å². The van der Waals surface area contributed by atoms with E-state index in [0.29, 0.717) is 6.54 Å². The Morgan fingerprint density at radius 2 is 1.89 bits per heavy atom. The van der Waals surface area contributed by atoms with Crippen molar-refractivity contribution in [3.05, 3.63) is 41.0 Å². The number of nitrogens with one attached hydrogen (secondary N) is 2. The molecule has 3 amide bonds. The number of rotatable bonds is 7. The predicted octanol–water partition coefficient (Wildman–Crippen LogP) is 3.25. The molecule has 1 aliphatic heterocycles. The van der Waals surface area contributed by atoms with Gasteiger partial charge in [0.2, 0.25) is 11.8 Å². The highest BCUT2D eigenvalue weighted by molar-refractivity contribution is 7.13. The van der Waals surface area contributed by atoms with Crippen LogP contribution in [0.3, 0.4) is 0 Å². The number of hydrogen-bond acceptors (Lipinski definition) is 7. The monoisotopic (exact) mass is 516 g/mol. The molecule has 196 valence electrons. The lowest BCUT2D eigenvalue weighted by Gasteiger charge is -2.31. The number of nitrogens with zero attached hydrogens (tertiary/aromatic N) is 2. The average molecular weight is 517 g/mol. The van der Waals surface area contributed by atoms with Crippen LogP contribution in [0.5, 0.6) is 0 Å². The normalized spacial score (nSPS) is 18.7. The molecule has 1 aliphatic rings. The molecule has 3 rings (SSSR count). The van der Waals surface area contributed by atoms with Gasteiger partial charge in [-0.3, -0.25) is 9.59 Å². The van der Waals surface area contributed by atoms with E-state index in [1.807, 2.05) is 36.7 Å². The van der Waals surface area contributed by atoms with Crippen molar-refractivity contribution >= 4 is 29.2 Å². The maximum absolute atomic E-state index is 13.4. The number of alkyl carbamates (subject to hydrolysis) is 1. The highest BCUT2D eigenvalue weighted by Gasteiger charge is 2.42. The molecule has 0 bridgehead atoms. The third-order valence-electron chi connectivity index (χ3n) is 5.90. The third kappa shape index (κ3) is 7.04. The van der Waals surface area contributed by atoms with Crippen LogP contribution in [0.15, 0.2) is 29.8 Å². The van der Waals surface area contributed by atoms with Gasteiger partial charge in [-0.25, -0.2) is 9.78 Å². The van der Waals surface area contributed by atoms with Crippen molar-refractivity contribution in [2.45, 2.75) is 78.3 Å². The summed E-state index contributed by atoms with van der Waals surface area (Å²) >= 11 is 1.58. The van der Waals surface area contributed by atoms with Gasteiger partial charge in [-0.05, 0) is 44.7 Å². The van der Waals surface area contributed by atoms with Crippen molar-refractivity contribution in [3.63, 3.8) is 0 Å². The van der Waals surface area contributed by atoms with Crippen LogP contribution in [-0.4, -0.2) is 63.2 Å². The molecule has 2 aromatic rings. The van der Waals surface area contributed by atoms with Gasteiger partial charge < -0.3 is 25.4 Å². The summed E-state index contributed by atoms with van der Waals surface area (Å²) in [5.41, 5.74) is 4.06. The van der Waals surface area contributed by atoms with Crippen LogP contribution in [0, 0.1) is 12.8 Å². The Morgan fingerprint density at radius 1 is 1.22 bits per heavy atom. The number of hydrogen-bond donors (Lipinski definition) is 3. The van der Waals surface area contributed by atoms with E-state index >= 15 is 0 Å². The average Bonchev–Trinajstić information content (AvgIpc) is 3.40. The first kappa shape index (κ1) is 27.6. The summed E-state index contributed by atoms with van der Waals surface area (Å²) < 4.78 is 5.30. The van der Waals surface area contributed by atoms with Crippen LogP contribution in [0.4, 0.5) is 4.79 Å². The molecule has 0 aliphatic carbocycles. The lowest BCUT2D eigenvalue weighted by Crippen LogP contribution is -2.55. The molecule has 1 aromatic carbocycles. The second kappa shape index (κ2) is 11.4. The molecular weight excluding hydrogens is 480 g/mol. The number of β-amino-alcohol motifs (C(OH)–C–C–N with tert-alkyl or cyclic N) is 1. The molecule has 0 unspecified atom stereocenters. The third-order valence-corrected chi connectivity index (χ3v) is 6.88. The number of thiazole rings is 1. The minimum atomic E-state index is -0.886. The number of carbonyl (C=O) groups is 3. The summed E-state index contributed by atoms with van der Waals surface area (Å²) in [5.74, 6) is -1.01. The molecule has 1 aromatic heterocycles. The number of aromatic nitrogens is 1. The Hall–Kier alpha value is -2.98. The van der Waals surface area contributed by atoms with Gasteiger partial charge in [0.05, 0.1) is 22.2 Å². The fourth-order valence-electron chi connectivity index (χ4n) is 4.09. The number of ether oxygens (including phenoxy) is 1. The number of aliphatic hydroxyl groups is 1. The van der Waals surface area contributed by atoms with Crippen molar-refractivity contribution in [2.24, 2.45) is 5.92 Å². The standard InChI is InChI=1S/C26H36N4O5S/c1-15(2)21(29-25(34)35-26(4,5)6)24(33)30-13-19(31)11-20(30)23(32)27-12-17-7-9-18(10-8-17)22-16(3)28-14-36-22/h7-10,14-15,19-21,31H,11-13H2,1-6H3,(H,27,32)(H,29,34)/t19-,20-,21+/m1/s1. The van der Waals surface area contributed by atoms with E-state index in [1.165, 1.54) is 4.90 Å². The fraction of sp³-hybridized carbons (Fsp3) is 0.538. The zero-order chi connectivity index (χ0) is 26.6. The first-order valence-corrected chi connectivity index (χ1v) is 13.0. The molecule has 2 heterocycles. The van der Waals surface area contributed by atoms with E-state index in [1.54, 1.807) is 46.0 Å². The summed E-state index contributed by atoms with van der Waals surface area (Å²) in [5, 5.41) is 15.8. The lowest BCUT2D eigenvalue weighted by molar-refractivity contribution is -0.141. The summed E-state index contributed by atoms with van der Waals surface area (Å²) in [6.07, 6.45) is -1.38. The second-order valence-electron chi connectivity index (χ2n) is 10.4. The number of benzene rings is 1. The van der Waals surface area contributed by atoms with E-state index in [0.717, 1.165) is 21.7 Å². The predicted molar refractivity (Wildman–Crippen MR) is 138 cm³/mol. The Labute approximate surface area is 216 Å². The van der Waals surface area contributed by atoms with Crippen molar-refractivity contribution in [1.29, 1.82) is 0 Å². The number of likely N-dealkylation sites (tertiary alicyclic amines) is 1. The molecule has 3 atom stereocenters. The summed E-state index contributed by atoms with van der Waals surface area (Å²) in [7, 11) is 0. The van der Waals surface area contributed by atoms with E-state index in [4.69, 9.17) is 4.74 Å². The molecule has 3 N–H and O–H groups in total. The zero-order valence-corrected chi connectivity index (χ0v) is 22.5. The first-order valence-electron chi connectivity index (χ1n) is 12.1. The Kier molecular flexibility index (Phi) is 8.73. The summed E-state index contributed by atoms with van der Waals surface area (Å²) in [6, 6.07) is 6.16. The molecule has 9 nitrogen and oxygen atoms in total. The largest absolute Gasteiger partial charge is 0.444 e. The van der Waals surface area contributed by atoms with Crippen molar-refractivity contribution in [3.8, 4) is 10.4 Å². The summed E-state index contributed by atoms with van der Waals surface area (Å²) in [4.78, 5) is 45.5. The number of carbonyl (C=O) groups excluding carboxylic acids is 3. The Morgan fingerprint density at radius 3 is 2.44 bits per heavy atom. The smallest absolute Gasteiger partial charge is 0.408 e. The zero-order valence-electron chi connectivity index (χ0n) is 21.7. The topological polar surface area (TPSA) is 121 Å². The van der Waals surface area contributed by atoms with Gasteiger partial charge in [0, 0.05) is 19.5 Å². The van der Waals surface area contributed by atoms with E-state index < -0.39 is 35.8 Å².